The lowest BCUT2D eigenvalue weighted by Gasteiger charge is -2.22. The second-order valence-corrected chi connectivity index (χ2v) is 6.93. The third kappa shape index (κ3) is 6.48. The fourth-order valence-corrected chi connectivity index (χ4v) is 2.70. The van der Waals surface area contributed by atoms with E-state index < -0.39 is 6.04 Å². The Hall–Kier alpha value is -3.10. The number of hydrogen-bond acceptors (Lipinski definition) is 7. The van der Waals surface area contributed by atoms with E-state index in [-0.39, 0.29) is 17.7 Å². The number of carbonyl (C=O) groups is 2. The molecular weight excluding hydrogens is 376 g/mol. The van der Waals surface area contributed by atoms with Gasteiger partial charge in [0.15, 0.2) is 5.82 Å². The smallest absolute Gasteiger partial charge is 0.252 e. The molecule has 0 aliphatic rings. The number of nitrogens with one attached hydrogen (secondary N) is 2. The summed E-state index contributed by atoms with van der Waals surface area (Å²) in [7, 11) is 3.02. The maximum Gasteiger partial charge on any atom is 0.252 e. The lowest BCUT2D eigenvalue weighted by atomic mass is 10.0. The highest BCUT2D eigenvalue weighted by Crippen LogP contribution is 2.22. The highest BCUT2D eigenvalue weighted by molar-refractivity contribution is 5.98. The maximum absolute atomic E-state index is 12.7. The van der Waals surface area contributed by atoms with Gasteiger partial charge in [-0.3, -0.25) is 9.59 Å². The Morgan fingerprint density at radius 1 is 1.14 bits per heavy atom. The van der Waals surface area contributed by atoms with Crippen LogP contribution in [0.2, 0.25) is 0 Å². The molecule has 1 aromatic heterocycles. The van der Waals surface area contributed by atoms with Gasteiger partial charge in [0.1, 0.15) is 17.5 Å². The van der Waals surface area contributed by atoms with E-state index in [1.54, 1.807) is 25.1 Å². The summed E-state index contributed by atoms with van der Waals surface area (Å²) >= 11 is 0. The summed E-state index contributed by atoms with van der Waals surface area (Å²) in [5.41, 5.74) is 0.353. The predicted molar refractivity (Wildman–Crippen MR) is 106 cm³/mol. The van der Waals surface area contributed by atoms with E-state index in [2.05, 4.69) is 20.8 Å². The van der Waals surface area contributed by atoms with Crippen molar-refractivity contribution in [2.45, 2.75) is 39.7 Å². The average Bonchev–Trinajstić information content (AvgIpc) is 3.13. The van der Waals surface area contributed by atoms with E-state index >= 15 is 0 Å². The van der Waals surface area contributed by atoms with Crippen LogP contribution in [-0.2, 0) is 11.2 Å². The van der Waals surface area contributed by atoms with Crippen molar-refractivity contribution in [3.8, 4) is 11.5 Å². The molecule has 2 amide bonds. The third-order valence-electron chi connectivity index (χ3n) is 4.29. The SMILES string of the molecule is COc1cc(OC)cc(C(=O)NC(C(=O)NCCCc2nc(C)no2)C(C)C)c1. The van der Waals surface area contributed by atoms with Crippen molar-refractivity contribution in [2.75, 3.05) is 20.8 Å². The van der Waals surface area contributed by atoms with Crippen LogP contribution in [0.25, 0.3) is 0 Å². The van der Waals surface area contributed by atoms with Crippen LogP contribution in [0.15, 0.2) is 22.7 Å². The minimum Gasteiger partial charge on any atom is -0.497 e. The molecule has 1 atom stereocenters. The standard InChI is InChI=1S/C20H28N4O5/c1-12(2)18(20(26)21-8-6-7-17-22-13(3)24-29-17)23-19(25)14-9-15(27-4)11-16(10-14)28-5/h9-12,18H,6-8H2,1-5H3,(H,21,26)(H,23,25). The summed E-state index contributed by atoms with van der Waals surface area (Å²) in [6, 6.07) is 4.19. The number of amides is 2. The molecule has 0 aliphatic heterocycles. The zero-order chi connectivity index (χ0) is 21.4. The average molecular weight is 404 g/mol. The molecule has 9 heteroatoms. The van der Waals surface area contributed by atoms with E-state index in [0.29, 0.717) is 48.2 Å². The molecule has 0 aliphatic carbocycles. The minimum absolute atomic E-state index is 0.0926. The second-order valence-electron chi connectivity index (χ2n) is 6.93. The van der Waals surface area contributed by atoms with Crippen molar-refractivity contribution in [3.63, 3.8) is 0 Å². The number of aryl methyl sites for hydroxylation is 2. The lowest BCUT2D eigenvalue weighted by Crippen LogP contribution is -2.49. The van der Waals surface area contributed by atoms with Gasteiger partial charge in [0.2, 0.25) is 11.8 Å². The van der Waals surface area contributed by atoms with Crippen molar-refractivity contribution >= 4 is 11.8 Å². The number of methoxy groups -OCH3 is 2. The number of carbonyl (C=O) groups excluding carboxylic acids is 2. The molecule has 0 saturated heterocycles. The Kier molecular flexibility index (Phi) is 7.99. The van der Waals surface area contributed by atoms with E-state index in [9.17, 15) is 9.59 Å². The number of ether oxygens (including phenoxy) is 2. The highest BCUT2D eigenvalue weighted by Gasteiger charge is 2.25. The molecular formula is C20H28N4O5. The van der Waals surface area contributed by atoms with E-state index in [0.717, 1.165) is 0 Å². The van der Waals surface area contributed by atoms with Gasteiger partial charge in [0.05, 0.1) is 14.2 Å². The Labute approximate surface area is 170 Å². The van der Waals surface area contributed by atoms with Gasteiger partial charge < -0.3 is 24.6 Å². The molecule has 2 rings (SSSR count). The summed E-state index contributed by atoms with van der Waals surface area (Å²) in [6.45, 7) is 5.94. The number of benzene rings is 1. The summed E-state index contributed by atoms with van der Waals surface area (Å²) in [4.78, 5) is 29.4. The molecule has 0 radical (unpaired) electrons. The molecule has 29 heavy (non-hydrogen) atoms. The van der Waals surface area contributed by atoms with Gasteiger partial charge in [-0.2, -0.15) is 4.98 Å². The quantitative estimate of drug-likeness (QED) is 0.581. The second kappa shape index (κ2) is 10.4. The van der Waals surface area contributed by atoms with Gasteiger partial charge in [-0.05, 0) is 31.4 Å². The van der Waals surface area contributed by atoms with Crippen LogP contribution < -0.4 is 20.1 Å². The van der Waals surface area contributed by atoms with Crippen LogP contribution in [0.4, 0.5) is 0 Å². The largest absolute Gasteiger partial charge is 0.497 e. The van der Waals surface area contributed by atoms with Crippen LogP contribution in [0.1, 0.15) is 42.3 Å². The fourth-order valence-electron chi connectivity index (χ4n) is 2.70. The van der Waals surface area contributed by atoms with Crippen LogP contribution in [0.5, 0.6) is 11.5 Å². The van der Waals surface area contributed by atoms with Crippen molar-refractivity contribution < 1.29 is 23.6 Å². The molecule has 1 aromatic carbocycles. The molecule has 1 heterocycles. The summed E-state index contributed by atoms with van der Waals surface area (Å²) in [5, 5.41) is 9.37. The summed E-state index contributed by atoms with van der Waals surface area (Å²) in [5.74, 6) is 1.40. The van der Waals surface area contributed by atoms with Gasteiger partial charge in [-0.15, -0.1) is 0 Å². The van der Waals surface area contributed by atoms with Crippen molar-refractivity contribution in [3.05, 3.63) is 35.5 Å². The van der Waals surface area contributed by atoms with E-state index in [1.165, 1.54) is 14.2 Å². The van der Waals surface area contributed by atoms with Crippen LogP contribution in [0, 0.1) is 12.8 Å². The normalized spacial score (nSPS) is 11.8. The van der Waals surface area contributed by atoms with E-state index in [1.807, 2.05) is 13.8 Å². The molecule has 0 saturated carbocycles. The molecule has 2 aromatic rings. The number of nitrogens with zero attached hydrogens (tertiary/aromatic N) is 2. The van der Waals surface area contributed by atoms with Gasteiger partial charge in [-0.1, -0.05) is 19.0 Å². The molecule has 158 valence electrons. The first-order valence-electron chi connectivity index (χ1n) is 9.45. The van der Waals surface area contributed by atoms with Crippen molar-refractivity contribution in [2.24, 2.45) is 5.92 Å². The third-order valence-corrected chi connectivity index (χ3v) is 4.29. The molecule has 1 unspecified atom stereocenters. The van der Waals surface area contributed by atoms with E-state index in [4.69, 9.17) is 14.0 Å². The molecule has 0 bridgehead atoms. The van der Waals surface area contributed by atoms with Crippen LogP contribution >= 0.6 is 0 Å². The first kappa shape index (κ1) is 22.2. The zero-order valence-electron chi connectivity index (χ0n) is 17.4. The molecule has 9 nitrogen and oxygen atoms in total. The summed E-state index contributed by atoms with van der Waals surface area (Å²) < 4.78 is 15.4. The lowest BCUT2D eigenvalue weighted by molar-refractivity contribution is -0.123. The van der Waals surface area contributed by atoms with Crippen LogP contribution in [0.3, 0.4) is 0 Å². The van der Waals surface area contributed by atoms with Gasteiger partial charge in [0, 0.05) is 24.6 Å². The first-order chi connectivity index (χ1) is 13.8. The first-order valence-corrected chi connectivity index (χ1v) is 9.45. The number of hydrogen-bond donors (Lipinski definition) is 2. The van der Waals surface area contributed by atoms with Gasteiger partial charge in [0.25, 0.3) is 5.91 Å². The Balaban J connectivity index is 1.94. The van der Waals surface area contributed by atoms with Crippen molar-refractivity contribution in [1.82, 2.24) is 20.8 Å². The number of aromatic nitrogens is 2. The maximum atomic E-state index is 12.7. The Morgan fingerprint density at radius 3 is 2.31 bits per heavy atom. The molecule has 0 fully saturated rings. The zero-order valence-corrected chi connectivity index (χ0v) is 17.4. The predicted octanol–water partition coefficient (Wildman–Crippen LogP) is 1.90. The summed E-state index contributed by atoms with van der Waals surface area (Å²) in [6.07, 6.45) is 1.22. The number of rotatable bonds is 10. The molecule has 2 N–H and O–H groups in total. The minimum atomic E-state index is -0.676. The Bertz CT molecular complexity index is 812. The highest BCUT2D eigenvalue weighted by atomic mass is 16.5. The Morgan fingerprint density at radius 2 is 1.79 bits per heavy atom. The van der Waals surface area contributed by atoms with Crippen LogP contribution in [-0.4, -0.2) is 48.8 Å². The van der Waals surface area contributed by atoms with Crippen molar-refractivity contribution in [1.29, 1.82) is 0 Å². The fraction of sp³-hybridized carbons (Fsp3) is 0.500. The monoisotopic (exact) mass is 404 g/mol. The molecule has 0 spiro atoms. The van der Waals surface area contributed by atoms with Gasteiger partial charge in [-0.25, -0.2) is 0 Å². The van der Waals surface area contributed by atoms with Gasteiger partial charge >= 0.3 is 0 Å². The topological polar surface area (TPSA) is 116 Å².